The summed E-state index contributed by atoms with van der Waals surface area (Å²) in [6.45, 7) is 2.54. The van der Waals surface area contributed by atoms with E-state index in [0.717, 1.165) is 21.9 Å². The maximum atomic E-state index is 12.7. The summed E-state index contributed by atoms with van der Waals surface area (Å²) in [6, 6.07) is 15.1. The van der Waals surface area contributed by atoms with Gasteiger partial charge in [-0.2, -0.15) is 0 Å². The summed E-state index contributed by atoms with van der Waals surface area (Å²) in [7, 11) is 0. The highest BCUT2D eigenvalue weighted by atomic mass is 32.2. The topological polar surface area (TPSA) is 46.6 Å². The summed E-state index contributed by atoms with van der Waals surface area (Å²) in [4.78, 5) is 28.8. The van der Waals surface area contributed by atoms with Gasteiger partial charge < -0.3 is 9.64 Å². The molecule has 0 aromatic heterocycles. The molecule has 0 N–H and O–H groups in total. The fourth-order valence-electron chi connectivity index (χ4n) is 2.76. The van der Waals surface area contributed by atoms with E-state index in [1.165, 1.54) is 0 Å². The van der Waals surface area contributed by atoms with Crippen LogP contribution in [0.2, 0.25) is 0 Å². The zero-order valence-corrected chi connectivity index (χ0v) is 16.4. The third-order valence-electron chi connectivity index (χ3n) is 4.20. The molecule has 2 aromatic rings. The number of amides is 1. The number of hydrogen-bond donors (Lipinski definition) is 0. The normalized spacial score (nSPS) is 16.5. The SMILES string of the molecule is CSc1ccc(C(=O)OCC(=O)N2CC[C@@H](C)Sc3ccccc32)cc1. The molecule has 0 bridgehead atoms. The van der Waals surface area contributed by atoms with Crippen LogP contribution in [0.3, 0.4) is 0 Å². The van der Waals surface area contributed by atoms with Crippen molar-refractivity contribution in [3.8, 4) is 0 Å². The Kier molecular flexibility index (Phi) is 6.27. The lowest BCUT2D eigenvalue weighted by Crippen LogP contribution is -2.35. The predicted octanol–water partition coefficient (Wildman–Crippen LogP) is 4.48. The van der Waals surface area contributed by atoms with Crippen LogP contribution in [0.25, 0.3) is 0 Å². The standard InChI is InChI=1S/C20H21NO3S2/c1-14-11-12-21(17-5-3-4-6-18(17)26-14)19(22)13-24-20(23)15-7-9-16(25-2)10-8-15/h3-10,14H,11-13H2,1-2H3/t14-/m1/s1. The number of rotatable bonds is 4. The van der Waals surface area contributed by atoms with E-state index in [9.17, 15) is 9.59 Å². The van der Waals surface area contributed by atoms with Crippen molar-refractivity contribution in [3.63, 3.8) is 0 Å². The Morgan fingerprint density at radius 2 is 1.92 bits per heavy atom. The average molecular weight is 388 g/mol. The maximum absolute atomic E-state index is 12.7. The van der Waals surface area contributed by atoms with Gasteiger partial charge in [-0.25, -0.2) is 4.79 Å². The maximum Gasteiger partial charge on any atom is 0.338 e. The molecule has 0 spiro atoms. The first kappa shape index (κ1) is 18.9. The van der Waals surface area contributed by atoms with Gasteiger partial charge in [0.25, 0.3) is 5.91 Å². The Balaban J connectivity index is 1.66. The molecule has 1 heterocycles. The van der Waals surface area contributed by atoms with Crippen LogP contribution in [-0.2, 0) is 9.53 Å². The second-order valence-electron chi connectivity index (χ2n) is 6.03. The summed E-state index contributed by atoms with van der Waals surface area (Å²) in [6.07, 6.45) is 2.87. The molecule has 1 atom stereocenters. The molecule has 0 radical (unpaired) electrons. The summed E-state index contributed by atoms with van der Waals surface area (Å²) >= 11 is 3.38. The first-order chi connectivity index (χ1) is 12.6. The van der Waals surface area contributed by atoms with Crippen LogP contribution in [0.1, 0.15) is 23.7 Å². The Morgan fingerprint density at radius 3 is 2.65 bits per heavy atom. The molecule has 0 fully saturated rings. The van der Waals surface area contributed by atoms with Crippen molar-refractivity contribution in [1.29, 1.82) is 0 Å². The highest BCUT2D eigenvalue weighted by Gasteiger charge is 2.24. The van der Waals surface area contributed by atoms with Gasteiger partial charge in [0, 0.05) is 21.6 Å². The minimum absolute atomic E-state index is 0.193. The summed E-state index contributed by atoms with van der Waals surface area (Å²) in [5.74, 6) is -0.668. The predicted molar refractivity (Wildman–Crippen MR) is 107 cm³/mol. The number of esters is 1. The number of anilines is 1. The Labute approximate surface area is 162 Å². The highest BCUT2D eigenvalue weighted by molar-refractivity contribution is 8.00. The zero-order chi connectivity index (χ0) is 18.5. The molecule has 3 rings (SSSR count). The number of nitrogens with zero attached hydrogens (tertiary/aromatic N) is 1. The van der Waals surface area contributed by atoms with Gasteiger partial charge in [0.2, 0.25) is 0 Å². The van der Waals surface area contributed by atoms with Crippen LogP contribution < -0.4 is 4.90 Å². The van der Waals surface area contributed by atoms with E-state index >= 15 is 0 Å². The lowest BCUT2D eigenvalue weighted by molar-refractivity contribution is -0.121. The van der Waals surface area contributed by atoms with Gasteiger partial charge in [-0.05, 0) is 49.1 Å². The lowest BCUT2D eigenvalue weighted by Gasteiger charge is -2.22. The van der Waals surface area contributed by atoms with Crippen molar-refractivity contribution in [1.82, 2.24) is 0 Å². The van der Waals surface area contributed by atoms with E-state index in [4.69, 9.17) is 4.74 Å². The van der Waals surface area contributed by atoms with Crippen LogP contribution >= 0.6 is 23.5 Å². The number of benzene rings is 2. The van der Waals surface area contributed by atoms with Crippen molar-refractivity contribution < 1.29 is 14.3 Å². The summed E-state index contributed by atoms with van der Waals surface area (Å²) < 4.78 is 5.26. The van der Waals surface area contributed by atoms with Crippen molar-refractivity contribution >= 4 is 41.1 Å². The molecule has 0 aliphatic carbocycles. The van der Waals surface area contributed by atoms with Gasteiger partial charge in [0.15, 0.2) is 6.61 Å². The van der Waals surface area contributed by atoms with Crippen LogP contribution in [0.4, 0.5) is 5.69 Å². The first-order valence-corrected chi connectivity index (χ1v) is 10.6. The van der Waals surface area contributed by atoms with Crippen molar-refractivity contribution in [2.75, 3.05) is 24.3 Å². The molecule has 1 amide bonds. The smallest absolute Gasteiger partial charge is 0.338 e. The third kappa shape index (κ3) is 4.43. The fourth-order valence-corrected chi connectivity index (χ4v) is 4.28. The summed E-state index contributed by atoms with van der Waals surface area (Å²) in [5.41, 5.74) is 1.35. The lowest BCUT2D eigenvalue weighted by atomic mass is 10.2. The number of ether oxygens (including phenoxy) is 1. The second kappa shape index (κ2) is 8.64. The molecular weight excluding hydrogens is 366 g/mol. The molecule has 136 valence electrons. The molecule has 6 heteroatoms. The van der Waals surface area contributed by atoms with E-state index in [2.05, 4.69) is 6.92 Å². The van der Waals surface area contributed by atoms with Crippen LogP contribution in [-0.4, -0.2) is 36.5 Å². The Bertz CT molecular complexity index is 792. The summed E-state index contributed by atoms with van der Waals surface area (Å²) in [5, 5.41) is 0.437. The fraction of sp³-hybridized carbons (Fsp3) is 0.300. The van der Waals surface area contributed by atoms with Gasteiger partial charge >= 0.3 is 5.97 Å². The number of fused-ring (bicyclic) bond motifs is 1. The van der Waals surface area contributed by atoms with Crippen LogP contribution in [0, 0.1) is 0 Å². The van der Waals surface area contributed by atoms with Crippen LogP contribution in [0.5, 0.6) is 0 Å². The van der Waals surface area contributed by atoms with Crippen molar-refractivity contribution in [3.05, 3.63) is 54.1 Å². The number of thioether (sulfide) groups is 2. The van der Waals surface area contributed by atoms with E-state index in [1.807, 2.05) is 42.7 Å². The molecule has 4 nitrogen and oxygen atoms in total. The van der Waals surface area contributed by atoms with E-state index < -0.39 is 5.97 Å². The average Bonchev–Trinajstić information content (AvgIpc) is 2.84. The van der Waals surface area contributed by atoms with Gasteiger partial charge in [-0.1, -0.05) is 19.1 Å². The Morgan fingerprint density at radius 1 is 1.19 bits per heavy atom. The van der Waals surface area contributed by atoms with Gasteiger partial charge in [0.05, 0.1) is 11.3 Å². The minimum atomic E-state index is -0.475. The van der Waals surface area contributed by atoms with Crippen LogP contribution in [0.15, 0.2) is 58.3 Å². The zero-order valence-electron chi connectivity index (χ0n) is 14.8. The highest BCUT2D eigenvalue weighted by Crippen LogP contribution is 2.37. The molecule has 1 aliphatic heterocycles. The van der Waals surface area contributed by atoms with Crippen molar-refractivity contribution in [2.24, 2.45) is 0 Å². The number of carbonyl (C=O) groups excluding carboxylic acids is 2. The number of hydrogen-bond acceptors (Lipinski definition) is 5. The monoisotopic (exact) mass is 387 g/mol. The number of para-hydroxylation sites is 1. The molecule has 0 unspecified atom stereocenters. The molecule has 2 aromatic carbocycles. The third-order valence-corrected chi connectivity index (χ3v) is 6.18. The van der Waals surface area contributed by atoms with Gasteiger partial charge in [0.1, 0.15) is 0 Å². The molecule has 26 heavy (non-hydrogen) atoms. The second-order valence-corrected chi connectivity index (χ2v) is 8.39. The van der Waals surface area contributed by atoms with E-state index in [1.54, 1.807) is 40.6 Å². The van der Waals surface area contributed by atoms with E-state index in [-0.39, 0.29) is 12.5 Å². The Hall–Kier alpha value is -1.92. The van der Waals surface area contributed by atoms with Gasteiger partial charge in [-0.3, -0.25) is 4.79 Å². The molecule has 1 aliphatic rings. The quantitative estimate of drug-likeness (QED) is 0.572. The molecule has 0 saturated carbocycles. The first-order valence-electron chi connectivity index (χ1n) is 8.45. The molecule has 0 saturated heterocycles. The largest absolute Gasteiger partial charge is 0.452 e. The number of carbonyl (C=O) groups is 2. The minimum Gasteiger partial charge on any atom is -0.452 e. The van der Waals surface area contributed by atoms with Gasteiger partial charge in [-0.15, -0.1) is 23.5 Å². The van der Waals surface area contributed by atoms with E-state index in [0.29, 0.717) is 17.4 Å². The molecular formula is C20H21NO3S2. The van der Waals surface area contributed by atoms with Crippen molar-refractivity contribution in [2.45, 2.75) is 28.4 Å².